The van der Waals surface area contributed by atoms with Crippen molar-refractivity contribution in [2.24, 2.45) is 0 Å². The molecule has 1 amide bonds. The second-order valence-corrected chi connectivity index (χ2v) is 11.3. The molecule has 7 nitrogen and oxygen atoms in total. The molecule has 2 aromatic rings. The molecule has 2 aliphatic rings. The van der Waals surface area contributed by atoms with Crippen molar-refractivity contribution in [2.75, 3.05) is 26.2 Å². The fourth-order valence-electron chi connectivity index (χ4n) is 4.04. The van der Waals surface area contributed by atoms with Gasteiger partial charge in [0.05, 0.1) is 12.1 Å². The molecule has 2 saturated heterocycles. The first-order valence-corrected chi connectivity index (χ1v) is 12.8. The fourth-order valence-corrected chi connectivity index (χ4v) is 7.07. The second kappa shape index (κ2) is 9.55. The zero-order valence-electron chi connectivity index (χ0n) is 17.0. The molecule has 1 N–H and O–H groups in total. The summed E-state index contributed by atoms with van der Waals surface area (Å²) in [6.45, 7) is 3.88. The van der Waals surface area contributed by atoms with Crippen molar-refractivity contribution in [3.8, 4) is 0 Å². The Kier molecular flexibility index (Phi) is 6.82. The van der Waals surface area contributed by atoms with Crippen LogP contribution in [0.3, 0.4) is 0 Å². The molecule has 4 rings (SSSR count). The number of sulfonamides is 1. The molecule has 2 aliphatic heterocycles. The third kappa shape index (κ3) is 5.26. The van der Waals surface area contributed by atoms with Gasteiger partial charge in [0.2, 0.25) is 5.91 Å². The molecule has 2 fully saturated rings. The summed E-state index contributed by atoms with van der Waals surface area (Å²) in [5.41, 5.74) is 1.07. The zero-order valence-corrected chi connectivity index (χ0v) is 18.6. The van der Waals surface area contributed by atoms with Gasteiger partial charge in [0.1, 0.15) is 4.21 Å². The minimum absolute atomic E-state index is 0.0369. The lowest BCUT2D eigenvalue weighted by atomic mass is 10.0. The van der Waals surface area contributed by atoms with Crippen LogP contribution in [0.1, 0.15) is 36.3 Å². The molecule has 0 spiro atoms. The number of carbonyl (C=O) groups excluding carboxylic acids is 1. The van der Waals surface area contributed by atoms with E-state index in [4.69, 9.17) is 0 Å². The van der Waals surface area contributed by atoms with E-state index in [2.05, 4.69) is 15.2 Å². The van der Waals surface area contributed by atoms with Crippen LogP contribution in [0.2, 0.25) is 0 Å². The molecule has 0 saturated carbocycles. The lowest BCUT2D eigenvalue weighted by Gasteiger charge is -2.32. The van der Waals surface area contributed by atoms with E-state index in [1.54, 1.807) is 16.4 Å². The van der Waals surface area contributed by atoms with Crippen LogP contribution in [0.25, 0.3) is 0 Å². The van der Waals surface area contributed by atoms with Gasteiger partial charge in [-0.2, -0.15) is 4.31 Å². The number of carbonyl (C=O) groups is 1. The summed E-state index contributed by atoms with van der Waals surface area (Å²) in [4.78, 5) is 20.0. The van der Waals surface area contributed by atoms with Crippen LogP contribution in [0, 0.1) is 0 Å². The quantitative estimate of drug-likeness (QED) is 0.703. The molecule has 0 unspecified atom stereocenters. The molecule has 2 aromatic heterocycles. The van der Waals surface area contributed by atoms with Gasteiger partial charge in [-0.05, 0) is 49.9 Å². The van der Waals surface area contributed by atoms with Crippen molar-refractivity contribution < 1.29 is 13.2 Å². The van der Waals surface area contributed by atoms with E-state index in [0.717, 1.165) is 55.9 Å². The van der Waals surface area contributed by atoms with Gasteiger partial charge in [0, 0.05) is 49.8 Å². The summed E-state index contributed by atoms with van der Waals surface area (Å²) in [6, 6.07) is 9.53. The molecule has 0 aromatic carbocycles. The highest BCUT2D eigenvalue weighted by Gasteiger charge is 2.29. The lowest BCUT2D eigenvalue weighted by Crippen LogP contribution is -2.44. The number of rotatable bonds is 7. The Balaban J connectivity index is 1.24. The summed E-state index contributed by atoms with van der Waals surface area (Å²) >= 11 is 1.21. The third-order valence-electron chi connectivity index (χ3n) is 5.70. The van der Waals surface area contributed by atoms with Crippen LogP contribution in [-0.2, 0) is 27.8 Å². The van der Waals surface area contributed by atoms with Crippen LogP contribution in [0.5, 0.6) is 0 Å². The minimum Gasteiger partial charge on any atom is -0.353 e. The number of nitrogens with zero attached hydrogens (tertiary/aromatic N) is 3. The minimum atomic E-state index is -3.40. The number of thiophene rings is 1. The van der Waals surface area contributed by atoms with E-state index in [1.807, 2.05) is 24.4 Å². The van der Waals surface area contributed by atoms with Crippen LogP contribution in [0.4, 0.5) is 0 Å². The maximum Gasteiger partial charge on any atom is 0.252 e. The Morgan fingerprint density at radius 1 is 1.10 bits per heavy atom. The van der Waals surface area contributed by atoms with Crippen LogP contribution < -0.4 is 5.32 Å². The monoisotopic (exact) mass is 448 g/mol. The number of likely N-dealkylation sites (tertiary alicyclic amines) is 1. The molecule has 162 valence electrons. The molecule has 0 atom stereocenters. The molecule has 9 heteroatoms. The van der Waals surface area contributed by atoms with E-state index in [9.17, 15) is 13.2 Å². The van der Waals surface area contributed by atoms with Crippen LogP contribution in [-0.4, -0.2) is 60.7 Å². The molecule has 4 heterocycles. The molecule has 0 radical (unpaired) electrons. The van der Waals surface area contributed by atoms with E-state index in [-0.39, 0.29) is 18.4 Å². The van der Waals surface area contributed by atoms with Crippen molar-refractivity contribution in [1.29, 1.82) is 0 Å². The predicted octanol–water partition coefficient (Wildman–Crippen LogP) is 2.25. The predicted molar refractivity (Wildman–Crippen MR) is 117 cm³/mol. The van der Waals surface area contributed by atoms with E-state index < -0.39 is 10.0 Å². The molecule has 0 aliphatic carbocycles. The summed E-state index contributed by atoms with van der Waals surface area (Å²) in [6.07, 6.45) is 5.71. The number of hydrogen-bond acceptors (Lipinski definition) is 6. The van der Waals surface area contributed by atoms with Crippen molar-refractivity contribution in [1.82, 2.24) is 19.5 Å². The van der Waals surface area contributed by atoms with Crippen molar-refractivity contribution in [2.45, 2.75) is 48.9 Å². The van der Waals surface area contributed by atoms with Crippen LogP contribution >= 0.6 is 11.3 Å². The highest BCUT2D eigenvalue weighted by Crippen LogP contribution is 2.27. The summed E-state index contributed by atoms with van der Waals surface area (Å²) < 4.78 is 27.2. The van der Waals surface area contributed by atoms with Gasteiger partial charge >= 0.3 is 0 Å². The molecular weight excluding hydrogens is 420 g/mol. The van der Waals surface area contributed by atoms with Gasteiger partial charge in [0.25, 0.3) is 10.0 Å². The van der Waals surface area contributed by atoms with Gasteiger partial charge < -0.3 is 5.32 Å². The topological polar surface area (TPSA) is 82.6 Å². The normalized spacial score (nSPS) is 19.2. The highest BCUT2D eigenvalue weighted by molar-refractivity contribution is 7.91. The summed E-state index contributed by atoms with van der Waals surface area (Å²) in [5, 5.41) is 3.12. The maximum atomic E-state index is 12.6. The maximum absolute atomic E-state index is 12.6. The van der Waals surface area contributed by atoms with Crippen molar-refractivity contribution in [3.63, 3.8) is 0 Å². The zero-order chi connectivity index (χ0) is 21.0. The Morgan fingerprint density at radius 2 is 1.87 bits per heavy atom. The van der Waals surface area contributed by atoms with Crippen molar-refractivity contribution in [3.05, 3.63) is 47.1 Å². The molecular formula is C21H28N4O3S2. The average molecular weight is 449 g/mol. The van der Waals surface area contributed by atoms with Crippen LogP contribution in [0.15, 0.2) is 40.7 Å². The van der Waals surface area contributed by atoms with Gasteiger partial charge in [-0.25, -0.2) is 8.42 Å². The number of hydrogen-bond donors (Lipinski definition) is 1. The Morgan fingerprint density at radius 3 is 2.57 bits per heavy atom. The number of aromatic nitrogens is 1. The average Bonchev–Trinajstić information content (AvgIpc) is 3.43. The number of pyridine rings is 1. The highest BCUT2D eigenvalue weighted by atomic mass is 32.2. The first-order valence-electron chi connectivity index (χ1n) is 10.5. The fraction of sp³-hybridized carbons (Fsp3) is 0.524. The number of amides is 1. The summed E-state index contributed by atoms with van der Waals surface area (Å²) in [5.74, 6) is -0.0369. The lowest BCUT2D eigenvalue weighted by molar-refractivity contribution is -0.121. The van der Waals surface area contributed by atoms with E-state index >= 15 is 0 Å². The molecule has 0 bridgehead atoms. The van der Waals surface area contributed by atoms with E-state index in [1.165, 1.54) is 11.3 Å². The van der Waals surface area contributed by atoms with Gasteiger partial charge in [0.15, 0.2) is 0 Å². The smallest absolute Gasteiger partial charge is 0.252 e. The standard InChI is InChI=1S/C21H28N4O3S2/c26-20(15-19-6-7-21(29-19)30(27,28)25-11-3-4-12-25)23-17-8-13-24(14-9-17)16-18-5-1-2-10-22-18/h1-2,5-7,10,17H,3-4,8-9,11-16H2,(H,23,26). The summed E-state index contributed by atoms with van der Waals surface area (Å²) in [7, 11) is -3.40. The Bertz CT molecular complexity index is 948. The first kappa shape index (κ1) is 21.4. The van der Waals surface area contributed by atoms with Crippen molar-refractivity contribution >= 4 is 27.3 Å². The van der Waals surface area contributed by atoms with Gasteiger partial charge in [-0.15, -0.1) is 11.3 Å². The van der Waals surface area contributed by atoms with Gasteiger partial charge in [-0.3, -0.25) is 14.7 Å². The largest absolute Gasteiger partial charge is 0.353 e. The molecule has 30 heavy (non-hydrogen) atoms. The second-order valence-electron chi connectivity index (χ2n) is 7.95. The third-order valence-corrected chi connectivity index (χ3v) is 9.15. The van der Waals surface area contributed by atoms with Gasteiger partial charge in [-0.1, -0.05) is 6.07 Å². The number of nitrogens with one attached hydrogen (secondary N) is 1. The number of piperidine rings is 1. The SMILES string of the molecule is O=C(Cc1ccc(S(=O)(=O)N2CCCC2)s1)NC1CCN(Cc2ccccn2)CC1. The Labute approximate surface area is 182 Å². The first-order chi connectivity index (χ1) is 14.5. The van der Waals surface area contributed by atoms with E-state index in [0.29, 0.717) is 17.3 Å². The Hall–Kier alpha value is -1.81.